The highest BCUT2D eigenvalue weighted by molar-refractivity contribution is 5.83. The van der Waals surface area contributed by atoms with Crippen LogP contribution >= 0.6 is 0 Å². The summed E-state index contributed by atoms with van der Waals surface area (Å²) >= 11 is 0. The van der Waals surface area contributed by atoms with Crippen LogP contribution in [0.4, 0.5) is 0 Å². The van der Waals surface area contributed by atoms with Crippen LogP contribution in [0.2, 0.25) is 0 Å². The molecule has 0 spiro atoms. The third-order valence-corrected chi connectivity index (χ3v) is 14.3. The normalized spacial score (nSPS) is 50.0. The first-order valence-corrected chi connectivity index (χ1v) is 22.5. The molecule has 61 heavy (non-hydrogen) atoms. The lowest BCUT2D eigenvalue weighted by atomic mass is 9.73. The Hall–Kier alpha value is -1.42. The molecule has 356 valence electrons. The second kappa shape index (κ2) is 20.4. The monoisotopic (exact) mass is 879 g/mol. The van der Waals surface area contributed by atoms with Gasteiger partial charge < -0.3 is 73.6 Å². The minimum absolute atomic E-state index is 0.0301. The van der Waals surface area contributed by atoms with Gasteiger partial charge >= 0.3 is 5.97 Å². The van der Waals surface area contributed by atoms with Crippen LogP contribution in [-0.4, -0.2) is 179 Å². The molecule has 4 saturated heterocycles. The molecule has 17 heteroatoms. The molecule has 4 aliphatic heterocycles. The van der Waals surface area contributed by atoms with Gasteiger partial charge in [-0.1, -0.05) is 27.7 Å². The fourth-order valence-electron chi connectivity index (χ4n) is 10.4. The summed E-state index contributed by atoms with van der Waals surface area (Å²) in [7, 11) is 7.75. The van der Waals surface area contributed by atoms with E-state index in [1.54, 1.807) is 48.5 Å². The molecule has 0 unspecified atom stereocenters. The maximum atomic E-state index is 14.5. The zero-order chi connectivity index (χ0) is 46.3. The van der Waals surface area contributed by atoms with Gasteiger partial charge in [0.25, 0.3) is 0 Å². The first-order chi connectivity index (χ1) is 28.1. The minimum atomic E-state index is -2.04. The molecule has 0 saturated carbocycles. The van der Waals surface area contributed by atoms with Gasteiger partial charge in [0.05, 0.1) is 88.4 Å². The molecule has 0 aromatic rings. The van der Waals surface area contributed by atoms with Crippen LogP contribution in [0.3, 0.4) is 0 Å². The predicted molar refractivity (Wildman–Crippen MR) is 221 cm³/mol. The van der Waals surface area contributed by atoms with Gasteiger partial charge in [0.1, 0.15) is 41.8 Å². The van der Waals surface area contributed by atoms with Crippen LogP contribution in [0.25, 0.3) is 0 Å². The van der Waals surface area contributed by atoms with Crippen molar-refractivity contribution in [1.82, 2.24) is 0 Å². The number of cyclic esters (lactones) is 1. The molecule has 0 radical (unpaired) electrons. The summed E-state index contributed by atoms with van der Waals surface area (Å²) < 4.78 is 45.8. The number of Topliss-reactive ketones (excluding diaryl/α,β-unsaturated/α-hetero) is 1. The van der Waals surface area contributed by atoms with Crippen LogP contribution in [0.15, 0.2) is 0 Å². The Morgan fingerprint density at radius 3 is 1.85 bits per heavy atom. The summed E-state index contributed by atoms with van der Waals surface area (Å²) in [6.07, 6.45) is -12.7. The van der Waals surface area contributed by atoms with Crippen LogP contribution in [0, 0.1) is 23.7 Å². The molecule has 4 heterocycles. The van der Waals surface area contributed by atoms with E-state index in [2.05, 4.69) is 0 Å². The molecule has 4 aliphatic rings. The van der Waals surface area contributed by atoms with E-state index in [0.717, 1.165) is 9.80 Å². The number of hydrogen-bond donors (Lipinski definition) is 8. The lowest BCUT2D eigenvalue weighted by molar-refractivity contribution is -0.893. The van der Waals surface area contributed by atoms with E-state index in [0.29, 0.717) is 6.42 Å². The Morgan fingerprint density at radius 1 is 0.721 bits per heavy atom. The van der Waals surface area contributed by atoms with Crippen molar-refractivity contribution in [2.45, 2.75) is 217 Å². The van der Waals surface area contributed by atoms with Crippen molar-refractivity contribution in [3.63, 3.8) is 0 Å². The number of carbonyl (C=O) groups is 2. The van der Waals surface area contributed by atoms with Crippen LogP contribution in [-0.2, 0) is 42.7 Å². The quantitative estimate of drug-likeness (QED) is 0.127. The Kier molecular flexibility index (Phi) is 17.5. The SMILES string of the molecule is CC[C@H]1OC(=O)[C@H](C)[C@@H](O[C@H]2C[C@@](C)(O)[C@@H](O)[C@H](C)O2)[C@H](C)[C@@H](O[C@@H]2O[C@H](C)C[C@H]([NH+](C)C)[C@H]2O)[C@](C)(O[C@H]2C[C@@H]([NH+](C)C)[C@@H](O)[C@H](C)O2)C[C@@H](C)C(=O)[C@H](C)[C@@H](O)[C@]1(C)O. The van der Waals surface area contributed by atoms with Gasteiger partial charge in [-0.15, -0.1) is 0 Å². The maximum Gasteiger partial charge on any atom is 0.311 e. The average Bonchev–Trinajstić information content (AvgIpc) is 3.16. The standard InChI is InChI=1S/C44H80N2O15/c1-16-30-44(11,54)37(50)23(4)33(47)21(2)19-43(10,61-31-18-29(46(14)15)34(48)26(7)56-31)39(60-41-35(49)28(45(12)13)17-22(3)55-41)24(5)36(25(6)40(52)58-30)59-32-20-42(9,53)38(51)27(8)57-32/h21-32,34-39,41,48-51,53-54H,16-20H2,1-15H3/p+2/t21-,22-,23+,24+,25-,26+,27+,28+,29-,30-,31+,32+,34+,35-,36+,37-,38+,39-,41+,42-,43-,44-/m1/s1. The van der Waals surface area contributed by atoms with Crippen LogP contribution in [0.5, 0.6) is 0 Å². The topological polar surface area (TPSA) is 229 Å². The van der Waals surface area contributed by atoms with Gasteiger partial charge in [-0.25, -0.2) is 0 Å². The summed E-state index contributed by atoms with van der Waals surface area (Å²) in [6, 6.07) is -0.570. The number of ether oxygens (including phenoxy) is 7. The number of nitrogens with one attached hydrogen (secondary N) is 2. The smallest absolute Gasteiger partial charge is 0.311 e. The molecule has 4 fully saturated rings. The number of quaternary nitrogens is 2. The van der Waals surface area contributed by atoms with E-state index in [1.807, 2.05) is 35.1 Å². The van der Waals surface area contributed by atoms with Crippen molar-refractivity contribution >= 4 is 11.8 Å². The first kappa shape index (κ1) is 52.2. The highest BCUT2D eigenvalue weighted by Gasteiger charge is 2.56. The largest absolute Gasteiger partial charge is 0.459 e. The van der Waals surface area contributed by atoms with Crippen molar-refractivity contribution in [1.29, 1.82) is 0 Å². The number of rotatable bonds is 9. The van der Waals surface area contributed by atoms with Crippen molar-refractivity contribution in [2.75, 3.05) is 28.2 Å². The van der Waals surface area contributed by atoms with Crippen molar-refractivity contribution < 1.29 is 83.2 Å². The highest BCUT2D eigenvalue weighted by atomic mass is 16.7. The fourth-order valence-corrected chi connectivity index (χ4v) is 10.4. The molecule has 8 N–H and O–H groups in total. The molecule has 4 rings (SSSR count). The highest BCUT2D eigenvalue weighted by Crippen LogP contribution is 2.43. The molecule has 17 nitrogen and oxygen atoms in total. The van der Waals surface area contributed by atoms with E-state index in [-0.39, 0.29) is 49.7 Å². The fraction of sp³-hybridized carbons (Fsp3) is 0.955. The number of aliphatic hydroxyl groups excluding tert-OH is 4. The summed E-state index contributed by atoms with van der Waals surface area (Å²) in [5.41, 5.74) is -5.18. The van der Waals surface area contributed by atoms with Gasteiger partial charge in [-0.2, -0.15) is 0 Å². The number of esters is 1. The minimum Gasteiger partial charge on any atom is -0.459 e. The second-order valence-corrected chi connectivity index (χ2v) is 20.2. The summed E-state index contributed by atoms with van der Waals surface area (Å²) in [6.45, 7) is 18.2. The van der Waals surface area contributed by atoms with E-state index >= 15 is 0 Å². The Bertz CT molecular complexity index is 1450. The maximum absolute atomic E-state index is 14.5. The summed E-state index contributed by atoms with van der Waals surface area (Å²) in [5, 5.41) is 68.6. The molecule has 0 aromatic heterocycles. The van der Waals surface area contributed by atoms with Crippen LogP contribution < -0.4 is 9.80 Å². The van der Waals surface area contributed by atoms with Crippen molar-refractivity contribution in [2.24, 2.45) is 23.7 Å². The molecular formula is C44H82N2O15+2. The second-order valence-electron chi connectivity index (χ2n) is 20.2. The molecular weight excluding hydrogens is 796 g/mol. The summed E-state index contributed by atoms with van der Waals surface area (Å²) in [4.78, 5) is 30.9. The predicted octanol–water partition coefficient (Wildman–Crippen LogP) is -1.25. The zero-order valence-corrected chi connectivity index (χ0v) is 39.4. The number of carbonyl (C=O) groups excluding carboxylic acids is 2. The number of aliphatic hydroxyl groups is 6. The average molecular weight is 879 g/mol. The van der Waals surface area contributed by atoms with Gasteiger partial charge in [-0.05, 0) is 61.3 Å². The molecule has 0 bridgehead atoms. The number of likely N-dealkylation sites (N-methyl/N-ethyl adjacent to an activating group) is 2. The van der Waals surface area contributed by atoms with Gasteiger partial charge in [0.15, 0.2) is 25.0 Å². The molecule has 0 aromatic carbocycles. The van der Waals surface area contributed by atoms with Crippen molar-refractivity contribution in [3.8, 4) is 0 Å². The first-order valence-electron chi connectivity index (χ1n) is 22.5. The van der Waals surface area contributed by atoms with Crippen LogP contribution in [0.1, 0.15) is 108 Å². The zero-order valence-electron chi connectivity index (χ0n) is 39.4. The van der Waals surface area contributed by atoms with Gasteiger partial charge in [0, 0.05) is 30.6 Å². The Labute approximate surface area is 363 Å². The third-order valence-electron chi connectivity index (χ3n) is 14.3. The van der Waals surface area contributed by atoms with Gasteiger partial charge in [0.2, 0.25) is 0 Å². The number of ketones is 1. The van der Waals surface area contributed by atoms with Gasteiger partial charge in [-0.3, -0.25) is 9.59 Å². The van der Waals surface area contributed by atoms with E-state index in [9.17, 15) is 40.2 Å². The van der Waals surface area contributed by atoms with E-state index in [4.69, 9.17) is 33.2 Å². The van der Waals surface area contributed by atoms with Crippen molar-refractivity contribution in [3.05, 3.63) is 0 Å². The molecule has 0 aliphatic carbocycles. The molecule has 22 atom stereocenters. The molecule has 0 amide bonds. The lowest BCUT2D eigenvalue weighted by Crippen LogP contribution is -3.12. The summed E-state index contributed by atoms with van der Waals surface area (Å²) in [5.74, 6) is -5.12. The third kappa shape index (κ3) is 11.5. The Morgan fingerprint density at radius 2 is 1.30 bits per heavy atom. The Balaban J connectivity index is 1.97. The van der Waals surface area contributed by atoms with E-state index < -0.39 is 120 Å². The number of hydrogen-bond acceptors (Lipinski definition) is 15. The lowest BCUT2D eigenvalue weighted by Gasteiger charge is -2.51. The van der Waals surface area contributed by atoms with E-state index in [1.165, 1.54) is 20.8 Å².